The number of benzene rings is 1. The molecule has 1 aliphatic heterocycles. The van der Waals surface area contributed by atoms with Crippen molar-refractivity contribution in [1.82, 2.24) is 5.32 Å². The maximum Gasteiger partial charge on any atom is 0.243 e. The van der Waals surface area contributed by atoms with Gasteiger partial charge in [0, 0.05) is 18.7 Å². The van der Waals surface area contributed by atoms with Crippen LogP contribution in [-0.2, 0) is 14.3 Å². The summed E-state index contributed by atoms with van der Waals surface area (Å²) in [7, 11) is 0. The normalized spacial score (nSPS) is 20.7. The smallest absolute Gasteiger partial charge is 0.243 e. The SMILES string of the molecule is CC(C)[C@H]1C[C@@H](CC(=O)NCC(=O)Nc2ccc(F)cc2)CCO1. The minimum atomic E-state index is -0.363. The van der Waals surface area contributed by atoms with Crippen LogP contribution in [0, 0.1) is 17.7 Å². The molecule has 0 unspecified atom stereocenters. The van der Waals surface area contributed by atoms with E-state index in [1.807, 2.05) is 0 Å². The Morgan fingerprint density at radius 3 is 2.62 bits per heavy atom. The molecule has 2 N–H and O–H groups in total. The number of rotatable bonds is 6. The van der Waals surface area contributed by atoms with Crippen LogP contribution < -0.4 is 10.6 Å². The van der Waals surface area contributed by atoms with Gasteiger partial charge < -0.3 is 15.4 Å². The average Bonchev–Trinajstić information content (AvgIpc) is 2.55. The Bertz CT molecular complexity index is 560. The molecule has 1 fully saturated rings. The van der Waals surface area contributed by atoms with Crippen LogP contribution in [0.25, 0.3) is 0 Å². The summed E-state index contributed by atoms with van der Waals surface area (Å²) in [6.45, 7) is 4.83. The van der Waals surface area contributed by atoms with Gasteiger partial charge in [-0.05, 0) is 48.9 Å². The van der Waals surface area contributed by atoms with Crippen LogP contribution >= 0.6 is 0 Å². The van der Waals surface area contributed by atoms with Crippen molar-refractivity contribution >= 4 is 17.5 Å². The van der Waals surface area contributed by atoms with Gasteiger partial charge in [0.05, 0.1) is 12.6 Å². The number of nitrogens with one attached hydrogen (secondary N) is 2. The van der Waals surface area contributed by atoms with Crippen molar-refractivity contribution < 1.29 is 18.7 Å². The van der Waals surface area contributed by atoms with Crippen molar-refractivity contribution in [2.75, 3.05) is 18.5 Å². The van der Waals surface area contributed by atoms with Crippen molar-refractivity contribution in [3.63, 3.8) is 0 Å². The zero-order valence-electron chi connectivity index (χ0n) is 14.2. The summed E-state index contributed by atoms with van der Waals surface area (Å²) in [6, 6.07) is 5.49. The van der Waals surface area contributed by atoms with E-state index in [0.29, 0.717) is 30.6 Å². The third-order valence-corrected chi connectivity index (χ3v) is 4.22. The van der Waals surface area contributed by atoms with Crippen LogP contribution in [0.2, 0.25) is 0 Å². The number of amides is 2. The van der Waals surface area contributed by atoms with Crippen molar-refractivity contribution in [3.8, 4) is 0 Å². The molecule has 2 rings (SSSR count). The second-order valence-electron chi connectivity index (χ2n) is 6.58. The second-order valence-corrected chi connectivity index (χ2v) is 6.58. The van der Waals surface area contributed by atoms with Crippen molar-refractivity contribution in [1.29, 1.82) is 0 Å². The molecule has 1 aromatic carbocycles. The fraction of sp³-hybridized carbons (Fsp3) is 0.556. The molecule has 0 aromatic heterocycles. The molecule has 1 saturated heterocycles. The third-order valence-electron chi connectivity index (χ3n) is 4.22. The molecule has 0 aliphatic carbocycles. The van der Waals surface area contributed by atoms with Gasteiger partial charge in [0.1, 0.15) is 5.82 Å². The number of halogens is 1. The summed E-state index contributed by atoms with van der Waals surface area (Å²) >= 11 is 0. The van der Waals surface area contributed by atoms with Gasteiger partial charge >= 0.3 is 0 Å². The number of hydrogen-bond acceptors (Lipinski definition) is 3. The summed E-state index contributed by atoms with van der Waals surface area (Å²) in [4.78, 5) is 23.8. The van der Waals surface area contributed by atoms with E-state index in [0.717, 1.165) is 12.8 Å². The lowest BCUT2D eigenvalue weighted by molar-refractivity contribution is -0.126. The van der Waals surface area contributed by atoms with Gasteiger partial charge in [-0.3, -0.25) is 9.59 Å². The minimum absolute atomic E-state index is 0.0902. The van der Waals surface area contributed by atoms with E-state index in [4.69, 9.17) is 4.74 Å². The molecular weight excluding hydrogens is 311 g/mol. The van der Waals surface area contributed by atoms with E-state index in [1.54, 1.807) is 0 Å². The Labute approximate surface area is 142 Å². The van der Waals surface area contributed by atoms with E-state index in [1.165, 1.54) is 24.3 Å². The topological polar surface area (TPSA) is 67.4 Å². The Morgan fingerprint density at radius 1 is 1.25 bits per heavy atom. The summed E-state index contributed by atoms with van der Waals surface area (Å²) < 4.78 is 18.5. The first kappa shape index (κ1) is 18.4. The summed E-state index contributed by atoms with van der Waals surface area (Å²) in [6.07, 6.45) is 2.38. The molecule has 132 valence electrons. The quantitative estimate of drug-likeness (QED) is 0.839. The molecular formula is C18H25FN2O3. The predicted octanol–water partition coefficient (Wildman–Crippen LogP) is 2.72. The van der Waals surface area contributed by atoms with Gasteiger partial charge in [-0.2, -0.15) is 0 Å². The molecule has 0 saturated carbocycles. The van der Waals surface area contributed by atoms with E-state index in [2.05, 4.69) is 24.5 Å². The lowest BCUT2D eigenvalue weighted by Crippen LogP contribution is -2.36. The molecule has 1 aromatic rings. The molecule has 6 heteroatoms. The standard InChI is InChI=1S/C18H25FN2O3/c1-12(2)16-9-13(7-8-24-16)10-17(22)20-11-18(23)21-15-5-3-14(19)4-6-15/h3-6,12-13,16H,7-11H2,1-2H3,(H,20,22)(H,21,23)/t13-,16+/m0/s1. The van der Waals surface area contributed by atoms with Crippen LogP contribution in [0.4, 0.5) is 10.1 Å². The van der Waals surface area contributed by atoms with Crippen molar-refractivity contribution in [2.24, 2.45) is 11.8 Å². The fourth-order valence-corrected chi connectivity index (χ4v) is 2.80. The van der Waals surface area contributed by atoms with Gasteiger partial charge in [0.2, 0.25) is 11.8 Å². The predicted molar refractivity (Wildman–Crippen MR) is 90.0 cm³/mol. The highest BCUT2D eigenvalue weighted by molar-refractivity contribution is 5.94. The Hall–Kier alpha value is -1.95. The number of hydrogen-bond donors (Lipinski definition) is 2. The van der Waals surface area contributed by atoms with Crippen LogP contribution in [-0.4, -0.2) is 31.1 Å². The Morgan fingerprint density at radius 2 is 1.96 bits per heavy atom. The second kappa shape index (κ2) is 8.78. The lowest BCUT2D eigenvalue weighted by atomic mass is 9.88. The maximum atomic E-state index is 12.8. The molecule has 2 amide bonds. The van der Waals surface area contributed by atoms with Gasteiger partial charge in [-0.1, -0.05) is 13.8 Å². The molecule has 5 nitrogen and oxygen atoms in total. The number of carbonyl (C=O) groups excluding carboxylic acids is 2. The molecule has 1 heterocycles. The largest absolute Gasteiger partial charge is 0.378 e. The highest BCUT2D eigenvalue weighted by atomic mass is 19.1. The summed E-state index contributed by atoms with van der Waals surface area (Å²) in [5, 5.41) is 5.25. The van der Waals surface area contributed by atoms with Gasteiger partial charge in [-0.15, -0.1) is 0 Å². The number of ether oxygens (including phenoxy) is 1. The maximum absolute atomic E-state index is 12.8. The van der Waals surface area contributed by atoms with Crippen LogP contribution in [0.3, 0.4) is 0 Å². The fourth-order valence-electron chi connectivity index (χ4n) is 2.80. The average molecular weight is 336 g/mol. The van der Waals surface area contributed by atoms with Crippen LogP contribution in [0.1, 0.15) is 33.1 Å². The Kier molecular flexibility index (Phi) is 6.73. The zero-order valence-corrected chi connectivity index (χ0v) is 14.2. The highest BCUT2D eigenvalue weighted by Crippen LogP contribution is 2.27. The number of carbonyl (C=O) groups is 2. The molecule has 1 aliphatic rings. The van der Waals surface area contributed by atoms with Gasteiger partial charge in [0.15, 0.2) is 0 Å². The third kappa shape index (κ3) is 5.92. The monoisotopic (exact) mass is 336 g/mol. The van der Waals surface area contributed by atoms with Crippen molar-refractivity contribution in [3.05, 3.63) is 30.1 Å². The van der Waals surface area contributed by atoms with Gasteiger partial charge in [0.25, 0.3) is 0 Å². The van der Waals surface area contributed by atoms with E-state index >= 15 is 0 Å². The van der Waals surface area contributed by atoms with E-state index < -0.39 is 0 Å². The zero-order chi connectivity index (χ0) is 17.5. The van der Waals surface area contributed by atoms with E-state index in [-0.39, 0.29) is 30.3 Å². The summed E-state index contributed by atoms with van der Waals surface area (Å²) in [5.41, 5.74) is 0.500. The first-order valence-corrected chi connectivity index (χ1v) is 8.37. The molecule has 24 heavy (non-hydrogen) atoms. The number of anilines is 1. The lowest BCUT2D eigenvalue weighted by Gasteiger charge is -2.31. The Balaban J connectivity index is 1.70. The van der Waals surface area contributed by atoms with Crippen molar-refractivity contribution in [2.45, 2.75) is 39.2 Å². The molecule has 2 atom stereocenters. The summed E-state index contributed by atoms with van der Waals surface area (Å²) in [5.74, 6) is -0.0817. The van der Waals surface area contributed by atoms with Crippen LogP contribution in [0.15, 0.2) is 24.3 Å². The van der Waals surface area contributed by atoms with Crippen LogP contribution in [0.5, 0.6) is 0 Å². The van der Waals surface area contributed by atoms with Gasteiger partial charge in [-0.25, -0.2) is 4.39 Å². The molecule has 0 bridgehead atoms. The molecule has 0 spiro atoms. The molecule has 0 radical (unpaired) electrons. The first-order chi connectivity index (χ1) is 11.4. The first-order valence-electron chi connectivity index (χ1n) is 8.37. The van der Waals surface area contributed by atoms with E-state index in [9.17, 15) is 14.0 Å². The highest BCUT2D eigenvalue weighted by Gasteiger charge is 2.26. The minimum Gasteiger partial charge on any atom is -0.378 e.